The molecule has 0 aliphatic heterocycles. The second-order valence-corrected chi connectivity index (χ2v) is 6.04. The molecule has 1 aromatic heterocycles. The third-order valence-electron chi connectivity index (χ3n) is 2.48. The Labute approximate surface area is 96.7 Å². The Morgan fingerprint density at radius 1 is 1.50 bits per heavy atom. The standard InChI is InChI=1S/C10H19N3O2S/c1-8(2)10(11)6-12-16(14,15)9-4-5-13(3)7-9/h4-5,7-8,10,12H,6,11H2,1-3H3. The van der Waals surface area contributed by atoms with Crippen LogP contribution in [0.4, 0.5) is 0 Å². The minimum Gasteiger partial charge on any atom is -0.356 e. The van der Waals surface area contributed by atoms with Gasteiger partial charge in [0.05, 0.1) is 4.90 Å². The molecular weight excluding hydrogens is 226 g/mol. The van der Waals surface area contributed by atoms with Crippen molar-refractivity contribution in [1.29, 1.82) is 0 Å². The Morgan fingerprint density at radius 3 is 2.56 bits per heavy atom. The molecule has 3 N–H and O–H groups in total. The summed E-state index contributed by atoms with van der Waals surface area (Å²) in [6.45, 7) is 4.18. The largest absolute Gasteiger partial charge is 0.356 e. The van der Waals surface area contributed by atoms with E-state index in [9.17, 15) is 8.42 Å². The van der Waals surface area contributed by atoms with Gasteiger partial charge in [0, 0.05) is 32.0 Å². The molecule has 0 saturated heterocycles. The van der Waals surface area contributed by atoms with E-state index in [4.69, 9.17) is 5.73 Å². The summed E-state index contributed by atoms with van der Waals surface area (Å²) in [5.74, 6) is 0.249. The van der Waals surface area contributed by atoms with Crippen molar-refractivity contribution in [2.75, 3.05) is 6.54 Å². The van der Waals surface area contributed by atoms with Gasteiger partial charge in [-0.3, -0.25) is 0 Å². The summed E-state index contributed by atoms with van der Waals surface area (Å²) < 4.78 is 27.8. The highest BCUT2D eigenvalue weighted by Gasteiger charge is 2.17. The van der Waals surface area contributed by atoms with Gasteiger partial charge in [-0.2, -0.15) is 0 Å². The van der Waals surface area contributed by atoms with Crippen LogP contribution in [0.5, 0.6) is 0 Å². The van der Waals surface area contributed by atoms with Crippen molar-refractivity contribution < 1.29 is 8.42 Å². The summed E-state index contributed by atoms with van der Waals surface area (Å²) in [6.07, 6.45) is 3.25. The summed E-state index contributed by atoms with van der Waals surface area (Å²) in [4.78, 5) is 0.269. The van der Waals surface area contributed by atoms with Gasteiger partial charge in [0.25, 0.3) is 0 Å². The molecule has 1 heterocycles. The molecule has 0 saturated carbocycles. The van der Waals surface area contributed by atoms with Crippen molar-refractivity contribution in [3.63, 3.8) is 0 Å². The first-order valence-electron chi connectivity index (χ1n) is 5.20. The summed E-state index contributed by atoms with van der Waals surface area (Å²) in [5, 5.41) is 0. The number of aromatic nitrogens is 1. The normalized spacial score (nSPS) is 14.3. The van der Waals surface area contributed by atoms with E-state index in [0.717, 1.165) is 0 Å². The van der Waals surface area contributed by atoms with E-state index in [1.165, 1.54) is 0 Å². The molecule has 5 nitrogen and oxygen atoms in total. The van der Waals surface area contributed by atoms with Gasteiger partial charge in [0.15, 0.2) is 0 Å². The zero-order valence-electron chi connectivity index (χ0n) is 9.84. The molecule has 1 rings (SSSR count). The number of hydrogen-bond donors (Lipinski definition) is 2. The fourth-order valence-corrected chi connectivity index (χ4v) is 2.29. The molecule has 16 heavy (non-hydrogen) atoms. The molecular formula is C10H19N3O2S. The maximum absolute atomic E-state index is 11.8. The average molecular weight is 245 g/mol. The molecule has 6 heteroatoms. The smallest absolute Gasteiger partial charge is 0.242 e. The van der Waals surface area contributed by atoms with Gasteiger partial charge < -0.3 is 10.3 Å². The molecule has 0 aliphatic carbocycles. The van der Waals surface area contributed by atoms with Crippen molar-refractivity contribution in [3.8, 4) is 0 Å². The van der Waals surface area contributed by atoms with Crippen LogP contribution in [0.25, 0.3) is 0 Å². The fourth-order valence-electron chi connectivity index (χ4n) is 1.16. The monoisotopic (exact) mass is 245 g/mol. The van der Waals surface area contributed by atoms with Crippen LogP contribution >= 0.6 is 0 Å². The van der Waals surface area contributed by atoms with Crippen LogP contribution in [0.3, 0.4) is 0 Å². The van der Waals surface area contributed by atoms with Gasteiger partial charge in [-0.25, -0.2) is 13.1 Å². The zero-order valence-corrected chi connectivity index (χ0v) is 10.7. The number of nitrogens with two attached hydrogens (primary N) is 1. The van der Waals surface area contributed by atoms with E-state index in [1.54, 1.807) is 30.1 Å². The Morgan fingerprint density at radius 2 is 2.12 bits per heavy atom. The molecule has 0 aliphatic rings. The average Bonchev–Trinajstić information content (AvgIpc) is 2.61. The molecule has 0 bridgehead atoms. The predicted octanol–water partition coefficient (Wildman–Crippen LogP) is 0.287. The first kappa shape index (κ1) is 13.2. The summed E-state index contributed by atoms with van der Waals surface area (Å²) in [5.41, 5.74) is 5.77. The molecule has 0 fully saturated rings. The lowest BCUT2D eigenvalue weighted by Crippen LogP contribution is -2.40. The van der Waals surface area contributed by atoms with Crippen LogP contribution < -0.4 is 10.5 Å². The van der Waals surface area contributed by atoms with E-state index in [2.05, 4.69) is 4.72 Å². The van der Waals surface area contributed by atoms with E-state index < -0.39 is 10.0 Å². The summed E-state index contributed by atoms with van der Waals surface area (Å²) >= 11 is 0. The minimum atomic E-state index is -3.42. The van der Waals surface area contributed by atoms with Crippen LogP contribution in [0.2, 0.25) is 0 Å². The Hall–Kier alpha value is -0.850. The molecule has 1 unspecified atom stereocenters. The van der Waals surface area contributed by atoms with Crippen molar-refractivity contribution in [2.45, 2.75) is 24.8 Å². The topological polar surface area (TPSA) is 77.1 Å². The van der Waals surface area contributed by atoms with Gasteiger partial charge in [0.1, 0.15) is 0 Å². The molecule has 92 valence electrons. The highest BCUT2D eigenvalue weighted by Crippen LogP contribution is 2.08. The lowest BCUT2D eigenvalue weighted by atomic mass is 10.1. The molecule has 1 atom stereocenters. The van der Waals surface area contributed by atoms with Gasteiger partial charge in [-0.05, 0) is 12.0 Å². The number of hydrogen-bond acceptors (Lipinski definition) is 3. The SMILES string of the molecule is CC(C)C(N)CNS(=O)(=O)c1ccn(C)c1. The number of nitrogens with one attached hydrogen (secondary N) is 1. The summed E-state index contributed by atoms with van der Waals surface area (Å²) in [7, 11) is -1.64. The Balaban J connectivity index is 2.67. The van der Waals surface area contributed by atoms with E-state index in [-0.39, 0.29) is 23.4 Å². The second kappa shape index (κ2) is 4.99. The third kappa shape index (κ3) is 3.33. The highest BCUT2D eigenvalue weighted by atomic mass is 32.2. The van der Waals surface area contributed by atoms with Crippen molar-refractivity contribution in [3.05, 3.63) is 18.5 Å². The minimum absolute atomic E-state index is 0.168. The number of nitrogens with zero attached hydrogens (tertiary/aromatic N) is 1. The number of sulfonamides is 1. The van der Waals surface area contributed by atoms with Crippen molar-refractivity contribution >= 4 is 10.0 Å². The molecule has 0 amide bonds. The molecule has 0 radical (unpaired) electrons. The zero-order chi connectivity index (χ0) is 12.3. The third-order valence-corrected chi connectivity index (χ3v) is 3.89. The van der Waals surface area contributed by atoms with Crippen molar-refractivity contribution in [1.82, 2.24) is 9.29 Å². The Kier molecular flexibility index (Phi) is 4.12. The lowest BCUT2D eigenvalue weighted by Gasteiger charge is -2.15. The number of rotatable bonds is 5. The van der Waals surface area contributed by atoms with E-state index in [0.29, 0.717) is 0 Å². The van der Waals surface area contributed by atoms with Crippen molar-refractivity contribution in [2.24, 2.45) is 18.7 Å². The summed E-state index contributed by atoms with van der Waals surface area (Å²) in [6, 6.07) is 1.39. The molecule has 1 aromatic rings. The van der Waals surface area contributed by atoms with Crippen LogP contribution in [0, 0.1) is 5.92 Å². The van der Waals surface area contributed by atoms with Crippen LogP contribution in [0.15, 0.2) is 23.4 Å². The van der Waals surface area contributed by atoms with Crippen LogP contribution in [-0.4, -0.2) is 25.6 Å². The first-order chi connectivity index (χ1) is 7.33. The predicted molar refractivity (Wildman–Crippen MR) is 63.4 cm³/mol. The van der Waals surface area contributed by atoms with E-state index >= 15 is 0 Å². The van der Waals surface area contributed by atoms with Crippen LogP contribution in [0.1, 0.15) is 13.8 Å². The Bertz CT molecular complexity index is 437. The number of aryl methyl sites for hydroxylation is 1. The van der Waals surface area contributed by atoms with E-state index in [1.807, 2.05) is 13.8 Å². The second-order valence-electron chi connectivity index (χ2n) is 4.27. The highest BCUT2D eigenvalue weighted by molar-refractivity contribution is 7.89. The molecule has 0 aromatic carbocycles. The van der Waals surface area contributed by atoms with Gasteiger partial charge in [0.2, 0.25) is 10.0 Å². The van der Waals surface area contributed by atoms with Gasteiger partial charge >= 0.3 is 0 Å². The molecule has 0 spiro atoms. The quantitative estimate of drug-likeness (QED) is 0.782. The maximum atomic E-state index is 11.8. The van der Waals surface area contributed by atoms with Gasteiger partial charge in [-0.15, -0.1) is 0 Å². The lowest BCUT2D eigenvalue weighted by molar-refractivity contribution is 0.481. The first-order valence-corrected chi connectivity index (χ1v) is 6.68. The van der Waals surface area contributed by atoms with Gasteiger partial charge in [-0.1, -0.05) is 13.8 Å². The van der Waals surface area contributed by atoms with Crippen LogP contribution in [-0.2, 0) is 17.1 Å². The maximum Gasteiger partial charge on any atom is 0.242 e. The fraction of sp³-hybridized carbons (Fsp3) is 0.600.